The fourth-order valence-electron chi connectivity index (χ4n) is 2.39. The Hall–Kier alpha value is -1.16. The van der Waals surface area contributed by atoms with Crippen LogP contribution in [0.25, 0.3) is 11.1 Å². The predicted molar refractivity (Wildman–Crippen MR) is 80.1 cm³/mol. The second-order valence-corrected chi connectivity index (χ2v) is 5.61. The summed E-state index contributed by atoms with van der Waals surface area (Å²) in [5, 5.41) is 0.815. The molecule has 0 saturated carbocycles. The second kappa shape index (κ2) is 6.08. The summed E-state index contributed by atoms with van der Waals surface area (Å²) in [5.41, 5.74) is 1.62. The van der Waals surface area contributed by atoms with Gasteiger partial charge in [0.2, 0.25) is 0 Å². The number of aromatic nitrogens is 2. The summed E-state index contributed by atoms with van der Waals surface area (Å²) < 4.78 is 5.36. The van der Waals surface area contributed by atoms with Crippen molar-refractivity contribution in [2.24, 2.45) is 5.92 Å². The summed E-state index contributed by atoms with van der Waals surface area (Å²) in [7, 11) is 0. The van der Waals surface area contributed by atoms with Crippen LogP contribution < -0.4 is 0 Å². The van der Waals surface area contributed by atoms with Crippen molar-refractivity contribution >= 4 is 23.2 Å². The van der Waals surface area contributed by atoms with Gasteiger partial charge in [-0.1, -0.05) is 53.5 Å². The van der Waals surface area contributed by atoms with Crippen LogP contribution in [0.4, 0.5) is 0 Å². The lowest BCUT2D eigenvalue weighted by Crippen LogP contribution is -2.08. The van der Waals surface area contributed by atoms with E-state index in [-0.39, 0.29) is 0 Å². The molecule has 5 heteroatoms. The van der Waals surface area contributed by atoms with Crippen LogP contribution in [0.1, 0.15) is 12.2 Å². The molecular formula is C15H14Cl2N2O. The lowest BCUT2D eigenvalue weighted by molar-refractivity contribution is 0.185. The molecule has 1 aliphatic heterocycles. The van der Waals surface area contributed by atoms with Crippen molar-refractivity contribution in [1.29, 1.82) is 0 Å². The largest absolute Gasteiger partial charge is 0.381 e. The monoisotopic (exact) mass is 308 g/mol. The van der Waals surface area contributed by atoms with Crippen molar-refractivity contribution in [2.45, 2.75) is 12.8 Å². The summed E-state index contributed by atoms with van der Waals surface area (Å²) in [6.07, 6.45) is 1.80. The molecular weight excluding hydrogens is 295 g/mol. The van der Waals surface area contributed by atoms with Crippen LogP contribution >= 0.6 is 23.2 Å². The molecule has 0 amide bonds. The number of hydrogen-bond acceptors (Lipinski definition) is 3. The first-order chi connectivity index (χ1) is 9.74. The molecule has 1 atom stereocenters. The summed E-state index contributed by atoms with van der Waals surface area (Å²) >= 11 is 12.6. The normalized spacial score (nSPS) is 18.4. The van der Waals surface area contributed by atoms with Gasteiger partial charge in [0, 0.05) is 19.6 Å². The lowest BCUT2D eigenvalue weighted by Gasteiger charge is -2.10. The van der Waals surface area contributed by atoms with Crippen molar-refractivity contribution < 1.29 is 4.74 Å². The average molecular weight is 309 g/mol. The van der Waals surface area contributed by atoms with Crippen LogP contribution in [-0.4, -0.2) is 23.2 Å². The van der Waals surface area contributed by atoms with Gasteiger partial charge in [-0.15, -0.1) is 0 Å². The molecule has 20 heavy (non-hydrogen) atoms. The van der Waals surface area contributed by atoms with E-state index in [1.54, 1.807) is 0 Å². The van der Waals surface area contributed by atoms with Gasteiger partial charge >= 0.3 is 0 Å². The van der Waals surface area contributed by atoms with E-state index in [0.717, 1.165) is 31.6 Å². The van der Waals surface area contributed by atoms with Gasteiger partial charge in [0.1, 0.15) is 16.1 Å². The number of rotatable bonds is 3. The number of ether oxygens (including phenoxy) is 1. The molecule has 1 saturated heterocycles. The Morgan fingerprint density at radius 2 is 1.80 bits per heavy atom. The van der Waals surface area contributed by atoms with Gasteiger partial charge in [0.15, 0.2) is 0 Å². The molecule has 1 aromatic heterocycles. The van der Waals surface area contributed by atoms with E-state index in [1.807, 2.05) is 30.3 Å². The van der Waals surface area contributed by atoms with Gasteiger partial charge < -0.3 is 4.74 Å². The highest BCUT2D eigenvalue weighted by Gasteiger charge is 2.20. The zero-order valence-corrected chi connectivity index (χ0v) is 12.4. The maximum atomic E-state index is 6.29. The first-order valence-electron chi connectivity index (χ1n) is 6.59. The molecule has 0 bridgehead atoms. The quantitative estimate of drug-likeness (QED) is 0.803. The van der Waals surface area contributed by atoms with Crippen molar-refractivity contribution in [3.8, 4) is 11.1 Å². The van der Waals surface area contributed by atoms with Gasteiger partial charge in [-0.25, -0.2) is 9.97 Å². The molecule has 1 fully saturated rings. The maximum Gasteiger partial charge on any atom is 0.142 e. The van der Waals surface area contributed by atoms with Crippen LogP contribution in [0, 0.1) is 5.92 Å². The Bertz CT molecular complexity index is 575. The lowest BCUT2D eigenvalue weighted by atomic mass is 10.0. The Labute approximate surface area is 127 Å². The topological polar surface area (TPSA) is 35.0 Å². The Morgan fingerprint density at radius 3 is 2.40 bits per heavy atom. The fourth-order valence-corrected chi connectivity index (χ4v) is 3.03. The van der Waals surface area contributed by atoms with Crippen molar-refractivity contribution in [2.75, 3.05) is 13.2 Å². The van der Waals surface area contributed by atoms with Crippen LogP contribution in [0.5, 0.6) is 0 Å². The van der Waals surface area contributed by atoms with Crippen molar-refractivity contribution in [3.63, 3.8) is 0 Å². The molecule has 0 aliphatic carbocycles. The zero-order valence-electron chi connectivity index (χ0n) is 10.9. The summed E-state index contributed by atoms with van der Waals surface area (Å²) in [6.45, 7) is 1.58. The molecule has 1 aromatic carbocycles. The SMILES string of the molecule is Clc1nc(CC2CCOC2)nc(Cl)c1-c1ccccc1. The Kier molecular flexibility index (Phi) is 4.20. The minimum absolute atomic E-state index is 0.408. The zero-order chi connectivity index (χ0) is 13.9. The third kappa shape index (κ3) is 2.95. The molecule has 104 valence electrons. The van der Waals surface area contributed by atoms with E-state index < -0.39 is 0 Å². The number of nitrogens with zero attached hydrogens (tertiary/aromatic N) is 2. The molecule has 3 rings (SSSR count). The van der Waals surface area contributed by atoms with Crippen LogP contribution in [0.3, 0.4) is 0 Å². The Balaban J connectivity index is 1.90. The van der Waals surface area contributed by atoms with E-state index in [9.17, 15) is 0 Å². The predicted octanol–water partition coefficient (Wildman–Crippen LogP) is 4.03. The molecule has 3 nitrogen and oxygen atoms in total. The van der Waals surface area contributed by atoms with Crippen molar-refractivity contribution in [3.05, 3.63) is 46.5 Å². The van der Waals surface area contributed by atoms with E-state index in [2.05, 4.69) is 9.97 Å². The molecule has 2 heterocycles. The van der Waals surface area contributed by atoms with Crippen LogP contribution in [-0.2, 0) is 11.2 Å². The summed E-state index contributed by atoms with van der Waals surface area (Å²) in [4.78, 5) is 8.78. The van der Waals surface area contributed by atoms with Crippen LogP contribution in [0.15, 0.2) is 30.3 Å². The van der Waals surface area contributed by atoms with Gasteiger partial charge in [-0.05, 0) is 17.9 Å². The van der Waals surface area contributed by atoms with E-state index in [4.69, 9.17) is 27.9 Å². The Morgan fingerprint density at radius 1 is 1.10 bits per heavy atom. The molecule has 1 unspecified atom stereocenters. The molecule has 0 spiro atoms. The van der Waals surface area contributed by atoms with E-state index >= 15 is 0 Å². The standard InChI is InChI=1S/C15H14Cl2N2O/c16-14-13(11-4-2-1-3-5-11)15(17)19-12(18-14)8-10-6-7-20-9-10/h1-5,10H,6-9H2. The minimum Gasteiger partial charge on any atom is -0.381 e. The third-order valence-corrected chi connectivity index (χ3v) is 3.97. The number of hydrogen-bond donors (Lipinski definition) is 0. The highest BCUT2D eigenvalue weighted by Crippen LogP contribution is 2.32. The van der Waals surface area contributed by atoms with Crippen LogP contribution in [0.2, 0.25) is 10.3 Å². The van der Waals surface area contributed by atoms with Crippen molar-refractivity contribution in [1.82, 2.24) is 9.97 Å². The van der Waals surface area contributed by atoms with Gasteiger partial charge in [0.05, 0.1) is 5.56 Å². The highest BCUT2D eigenvalue weighted by atomic mass is 35.5. The smallest absolute Gasteiger partial charge is 0.142 e. The van der Waals surface area contributed by atoms with Gasteiger partial charge in [-0.3, -0.25) is 0 Å². The second-order valence-electron chi connectivity index (χ2n) is 4.90. The number of halogens is 2. The fraction of sp³-hybridized carbons (Fsp3) is 0.333. The first kappa shape index (κ1) is 13.8. The summed E-state index contributed by atoms with van der Waals surface area (Å²) in [5.74, 6) is 1.15. The molecule has 0 N–H and O–H groups in total. The molecule has 2 aromatic rings. The first-order valence-corrected chi connectivity index (χ1v) is 7.34. The minimum atomic E-state index is 0.408. The summed E-state index contributed by atoms with van der Waals surface area (Å²) in [6, 6.07) is 9.71. The van der Waals surface area contributed by atoms with E-state index in [0.29, 0.717) is 27.6 Å². The highest BCUT2D eigenvalue weighted by molar-refractivity contribution is 6.37. The average Bonchev–Trinajstić information content (AvgIpc) is 2.92. The third-order valence-electron chi connectivity index (χ3n) is 3.42. The number of benzene rings is 1. The molecule has 0 radical (unpaired) electrons. The maximum absolute atomic E-state index is 6.29. The van der Waals surface area contributed by atoms with Gasteiger partial charge in [0.25, 0.3) is 0 Å². The van der Waals surface area contributed by atoms with E-state index in [1.165, 1.54) is 0 Å². The van der Waals surface area contributed by atoms with Gasteiger partial charge in [-0.2, -0.15) is 0 Å². The molecule has 1 aliphatic rings.